The Morgan fingerprint density at radius 3 is 2.81 bits per heavy atom. The molecule has 1 atom stereocenters. The number of allylic oxidation sites excluding steroid dienone is 7. The highest BCUT2D eigenvalue weighted by Crippen LogP contribution is 2.33. The second-order valence-corrected chi connectivity index (χ2v) is 10.7. The molecule has 1 aliphatic carbocycles. The first kappa shape index (κ1) is 26.4. The van der Waals surface area contributed by atoms with Crippen LogP contribution in [0, 0.1) is 11.8 Å². The summed E-state index contributed by atoms with van der Waals surface area (Å²) in [6.07, 6.45) is 16.6. The minimum Gasteiger partial charge on any atom is -0.355 e. The zero-order chi connectivity index (χ0) is 26.2. The predicted octanol–water partition coefficient (Wildman–Crippen LogP) is 7.15. The van der Waals surface area contributed by atoms with Gasteiger partial charge in [0.1, 0.15) is 5.78 Å². The second-order valence-electron chi connectivity index (χ2n) is 9.61. The molecule has 0 saturated heterocycles. The van der Waals surface area contributed by atoms with Gasteiger partial charge in [-0.05, 0) is 60.2 Å². The Hall–Kier alpha value is -3.64. The van der Waals surface area contributed by atoms with Crippen molar-refractivity contribution in [3.8, 4) is 0 Å². The number of nitrogens with zero attached hydrogens (tertiary/aromatic N) is 1. The Morgan fingerprint density at radius 1 is 1.16 bits per heavy atom. The van der Waals surface area contributed by atoms with E-state index >= 15 is 0 Å². The lowest BCUT2D eigenvalue weighted by atomic mass is 9.92. The van der Waals surface area contributed by atoms with Crippen LogP contribution in [0.2, 0.25) is 0 Å². The minimum absolute atomic E-state index is 0.0975. The maximum Gasteiger partial charge on any atom is 0.252 e. The smallest absolute Gasteiger partial charge is 0.252 e. The lowest BCUT2D eigenvalue weighted by Gasteiger charge is -2.12. The summed E-state index contributed by atoms with van der Waals surface area (Å²) >= 11 is 1.55. The normalized spacial score (nSPS) is 15.7. The molecule has 190 valence electrons. The molecule has 0 spiro atoms. The number of aromatic amines is 1. The highest BCUT2D eigenvalue weighted by Gasteiger charge is 2.13. The molecule has 2 aromatic carbocycles. The summed E-state index contributed by atoms with van der Waals surface area (Å²) in [6, 6.07) is 13.8. The van der Waals surface area contributed by atoms with Gasteiger partial charge in [-0.3, -0.25) is 14.7 Å². The number of carbonyl (C=O) groups is 2. The quantitative estimate of drug-likeness (QED) is 0.320. The number of fused-ring (bicyclic) bond motifs is 1. The van der Waals surface area contributed by atoms with Crippen molar-refractivity contribution >= 4 is 40.4 Å². The second kappa shape index (κ2) is 12.5. The molecule has 5 nitrogen and oxygen atoms in total. The van der Waals surface area contributed by atoms with Gasteiger partial charge in [0.25, 0.3) is 5.91 Å². The Kier molecular flexibility index (Phi) is 8.96. The third-order valence-corrected chi connectivity index (χ3v) is 7.21. The molecule has 0 bridgehead atoms. The van der Waals surface area contributed by atoms with Crippen LogP contribution in [0.3, 0.4) is 0 Å². The van der Waals surface area contributed by atoms with Crippen LogP contribution < -0.4 is 5.32 Å². The fraction of sp³-hybridized carbons (Fsp3) is 0.258. The monoisotopic (exact) mass is 511 g/mol. The van der Waals surface area contributed by atoms with Crippen LogP contribution in [-0.2, 0) is 4.79 Å². The van der Waals surface area contributed by atoms with Gasteiger partial charge in [-0.2, -0.15) is 5.10 Å². The number of Topliss-reactive ketones (excluding diaryl/α,β-unsaturated/α-hetero) is 1. The van der Waals surface area contributed by atoms with E-state index < -0.39 is 0 Å². The molecule has 1 heterocycles. The van der Waals surface area contributed by atoms with Gasteiger partial charge in [-0.25, -0.2) is 0 Å². The molecule has 1 aromatic heterocycles. The summed E-state index contributed by atoms with van der Waals surface area (Å²) in [4.78, 5) is 26.4. The molecular weight excluding hydrogens is 478 g/mol. The molecule has 0 aliphatic heterocycles. The van der Waals surface area contributed by atoms with Crippen molar-refractivity contribution in [3.63, 3.8) is 0 Å². The molecule has 3 aromatic rings. The summed E-state index contributed by atoms with van der Waals surface area (Å²) in [6.45, 7) is 4.17. The molecule has 1 unspecified atom stereocenters. The number of hydrogen-bond donors (Lipinski definition) is 2. The van der Waals surface area contributed by atoms with Crippen LogP contribution in [0.1, 0.15) is 49.2 Å². The van der Waals surface area contributed by atoms with Crippen molar-refractivity contribution in [3.05, 3.63) is 95.8 Å². The van der Waals surface area contributed by atoms with E-state index in [0.29, 0.717) is 30.1 Å². The van der Waals surface area contributed by atoms with Crippen LogP contribution in [-0.4, -0.2) is 28.9 Å². The zero-order valence-corrected chi connectivity index (χ0v) is 22.3. The number of rotatable bonds is 9. The molecule has 1 amide bonds. The SMILES string of the molecule is CNC(=O)c1ccccc1Sc1ccc2c(/C=C/C3=CCC(CC(=O)CC(C)C)C=CC=C3)n[nH]c2c1. The minimum atomic E-state index is -0.0975. The zero-order valence-electron chi connectivity index (χ0n) is 21.5. The summed E-state index contributed by atoms with van der Waals surface area (Å²) in [7, 11) is 1.64. The standard InChI is InChI=1S/C31H33N3O2S/c1-21(2)18-24(35)19-23-9-5-4-8-22(12-13-23)14-17-28-26-16-15-25(20-29(26)34-33-28)37-30-11-7-6-10-27(30)31(36)32-3/h4-12,14-17,20-21,23H,13,18-19H2,1-3H3,(H,32,36)(H,33,34)/b8-4?,9-5?,17-14+,22-12?. The maximum absolute atomic E-state index is 12.3. The number of H-pyrrole nitrogens is 1. The van der Waals surface area contributed by atoms with E-state index in [9.17, 15) is 9.59 Å². The van der Waals surface area contributed by atoms with Gasteiger partial charge in [-0.1, -0.05) is 74.2 Å². The number of ketones is 1. The number of carbonyl (C=O) groups excluding carboxylic acids is 2. The number of benzene rings is 2. The first-order chi connectivity index (χ1) is 17.9. The van der Waals surface area contributed by atoms with Crippen LogP contribution in [0.5, 0.6) is 0 Å². The number of amides is 1. The average Bonchev–Trinajstić information content (AvgIpc) is 3.27. The summed E-state index contributed by atoms with van der Waals surface area (Å²) in [5, 5.41) is 11.4. The van der Waals surface area contributed by atoms with Crippen LogP contribution in [0.15, 0.2) is 94.3 Å². The molecule has 0 fully saturated rings. The van der Waals surface area contributed by atoms with Crippen molar-refractivity contribution in [1.29, 1.82) is 0 Å². The van der Waals surface area contributed by atoms with E-state index in [2.05, 4.69) is 71.9 Å². The first-order valence-corrected chi connectivity index (χ1v) is 13.5. The van der Waals surface area contributed by atoms with Crippen molar-refractivity contribution in [1.82, 2.24) is 15.5 Å². The van der Waals surface area contributed by atoms with Crippen molar-refractivity contribution < 1.29 is 9.59 Å². The number of nitrogens with one attached hydrogen (secondary N) is 2. The molecule has 0 saturated carbocycles. The van der Waals surface area contributed by atoms with Crippen LogP contribution >= 0.6 is 11.8 Å². The third kappa shape index (κ3) is 7.20. The predicted molar refractivity (Wildman–Crippen MR) is 153 cm³/mol. The van der Waals surface area contributed by atoms with E-state index in [1.54, 1.807) is 18.8 Å². The summed E-state index contributed by atoms with van der Waals surface area (Å²) < 4.78 is 0. The van der Waals surface area contributed by atoms with Crippen LogP contribution in [0.4, 0.5) is 0 Å². The van der Waals surface area contributed by atoms with E-state index in [1.807, 2.05) is 42.5 Å². The van der Waals surface area contributed by atoms with Gasteiger partial charge < -0.3 is 5.32 Å². The van der Waals surface area contributed by atoms with Gasteiger partial charge in [-0.15, -0.1) is 0 Å². The van der Waals surface area contributed by atoms with Gasteiger partial charge in [0, 0.05) is 35.1 Å². The van der Waals surface area contributed by atoms with E-state index in [1.165, 1.54) is 0 Å². The van der Waals surface area contributed by atoms with Crippen LogP contribution in [0.25, 0.3) is 17.0 Å². The van der Waals surface area contributed by atoms with Crippen molar-refractivity contribution in [2.75, 3.05) is 7.05 Å². The molecule has 0 radical (unpaired) electrons. The Morgan fingerprint density at radius 2 is 2.00 bits per heavy atom. The Labute approximate surface area is 222 Å². The maximum atomic E-state index is 12.3. The van der Waals surface area contributed by atoms with Gasteiger partial charge in [0.2, 0.25) is 0 Å². The third-order valence-electron chi connectivity index (χ3n) is 6.15. The molecule has 37 heavy (non-hydrogen) atoms. The highest BCUT2D eigenvalue weighted by atomic mass is 32.2. The molecule has 4 rings (SSSR count). The lowest BCUT2D eigenvalue weighted by Crippen LogP contribution is -2.18. The molecule has 6 heteroatoms. The lowest BCUT2D eigenvalue weighted by molar-refractivity contribution is -0.120. The van der Waals surface area contributed by atoms with Gasteiger partial charge in [0.15, 0.2) is 0 Å². The van der Waals surface area contributed by atoms with E-state index in [0.717, 1.165) is 38.4 Å². The van der Waals surface area contributed by atoms with E-state index in [-0.39, 0.29) is 11.8 Å². The Bertz CT molecular complexity index is 1390. The van der Waals surface area contributed by atoms with E-state index in [4.69, 9.17) is 0 Å². The molecular formula is C31H33N3O2S. The molecule has 1 aliphatic rings. The first-order valence-electron chi connectivity index (χ1n) is 12.6. The van der Waals surface area contributed by atoms with Gasteiger partial charge in [0.05, 0.1) is 16.8 Å². The average molecular weight is 512 g/mol. The van der Waals surface area contributed by atoms with Crippen molar-refractivity contribution in [2.45, 2.75) is 42.9 Å². The number of hydrogen-bond acceptors (Lipinski definition) is 4. The summed E-state index contributed by atoms with van der Waals surface area (Å²) in [5.41, 5.74) is 3.56. The highest BCUT2D eigenvalue weighted by molar-refractivity contribution is 7.99. The number of aromatic nitrogens is 2. The molecule has 2 N–H and O–H groups in total. The topological polar surface area (TPSA) is 74.8 Å². The largest absolute Gasteiger partial charge is 0.355 e. The van der Waals surface area contributed by atoms with Gasteiger partial charge >= 0.3 is 0 Å². The fourth-order valence-electron chi connectivity index (χ4n) is 4.32. The summed E-state index contributed by atoms with van der Waals surface area (Å²) in [5.74, 6) is 0.864. The fourth-order valence-corrected chi connectivity index (χ4v) is 5.30. The Balaban J connectivity index is 1.47. The van der Waals surface area contributed by atoms with Crippen molar-refractivity contribution in [2.24, 2.45) is 11.8 Å².